The molecule has 0 aliphatic carbocycles. The van der Waals surface area contributed by atoms with Crippen molar-refractivity contribution < 1.29 is 23.0 Å². The van der Waals surface area contributed by atoms with Crippen molar-refractivity contribution in [2.45, 2.75) is 0 Å². The second kappa shape index (κ2) is 7.01. The van der Waals surface area contributed by atoms with Crippen molar-refractivity contribution in [2.75, 3.05) is 27.1 Å². The van der Waals surface area contributed by atoms with E-state index in [1.165, 1.54) is 45.6 Å². The van der Waals surface area contributed by atoms with Gasteiger partial charge in [-0.3, -0.25) is 4.79 Å². The van der Waals surface area contributed by atoms with Gasteiger partial charge in [0.1, 0.15) is 28.8 Å². The average Bonchev–Trinajstić information content (AvgIpc) is 2.71. The van der Waals surface area contributed by atoms with E-state index in [-0.39, 0.29) is 22.5 Å². The maximum absolute atomic E-state index is 13.8. The number of hydrogen-bond acceptors (Lipinski definition) is 6. The minimum atomic E-state index is -0.526. The van der Waals surface area contributed by atoms with Gasteiger partial charge in [0, 0.05) is 17.3 Å². The summed E-state index contributed by atoms with van der Waals surface area (Å²) in [6.45, 7) is 0. The molecule has 7 heteroatoms. The summed E-state index contributed by atoms with van der Waals surface area (Å²) in [5.41, 5.74) is 6.29. The lowest BCUT2D eigenvalue weighted by molar-refractivity contribution is 0.400. The predicted octanol–water partition coefficient (Wildman–Crippen LogP) is 4.36. The van der Waals surface area contributed by atoms with Crippen molar-refractivity contribution in [3.05, 3.63) is 58.5 Å². The molecule has 0 saturated heterocycles. The standard InChI is InChI=1S/C22H18FNO5/c1-26-16-4-5-17(27-2)21-20(16)19(28-3)9-14-15(25)10-18(29-22(14)21)11-6-12(23)8-13(24)7-11/h4-10H,24H2,1-3H3. The molecule has 0 radical (unpaired) electrons. The topological polar surface area (TPSA) is 83.9 Å². The monoisotopic (exact) mass is 395 g/mol. The molecule has 3 aromatic carbocycles. The second-order valence-corrected chi connectivity index (χ2v) is 6.42. The summed E-state index contributed by atoms with van der Waals surface area (Å²) in [4.78, 5) is 12.9. The van der Waals surface area contributed by atoms with Gasteiger partial charge in [0.15, 0.2) is 11.0 Å². The number of ether oxygens (including phenoxy) is 3. The van der Waals surface area contributed by atoms with Gasteiger partial charge in [-0.1, -0.05) is 0 Å². The van der Waals surface area contributed by atoms with Crippen LogP contribution in [0.3, 0.4) is 0 Å². The number of benzene rings is 3. The van der Waals surface area contributed by atoms with Crippen molar-refractivity contribution in [3.8, 4) is 28.6 Å². The smallest absolute Gasteiger partial charge is 0.193 e. The van der Waals surface area contributed by atoms with E-state index in [1.54, 1.807) is 18.2 Å². The van der Waals surface area contributed by atoms with Crippen molar-refractivity contribution >= 4 is 27.4 Å². The van der Waals surface area contributed by atoms with Crippen LogP contribution < -0.4 is 25.4 Å². The summed E-state index contributed by atoms with van der Waals surface area (Å²) in [7, 11) is 4.56. The summed E-state index contributed by atoms with van der Waals surface area (Å²) >= 11 is 0. The molecule has 29 heavy (non-hydrogen) atoms. The fourth-order valence-electron chi connectivity index (χ4n) is 3.46. The van der Waals surface area contributed by atoms with Crippen molar-refractivity contribution in [1.29, 1.82) is 0 Å². The summed E-state index contributed by atoms with van der Waals surface area (Å²) < 4.78 is 36.4. The van der Waals surface area contributed by atoms with E-state index in [4.69, 9.17) is 24.4 Å². The highest BCUT2D eigenvalue weighted by Crippen LogP contribution is 2.43. The Kier molecular flexibility index (Phi) is 4.50. The zero-order valence-electron chi connectivity index (χ0n) is 16.0. The van der Waals surface area contributed by atoms with E-state index in [0.717, 1.165) is 0 Å². The summed E-state index contributed by atoms with van der Waals surface area (Å²) in [5, 5.41) is 1.42. The summed E-state index contributed by atoms with van der Waals surface area (Å²) in [5.74, 6) is 1.11. The molecule has 1 heterocycles. The molecule has 0 unspecified atom stereocenters. The van der Waals surface area contributed by atoms with Gasteiger partial charge in [0.2, 0.25) is 0 Å². The zero-order chi connectivity index (χ0) is 20.7. The highest BCUT2D eigenvalue weighted by Gasteiger charge is 2.20. The highest BCUT2D eigenvalue weighted by atomic mass is 19.1. The Morgan fingerprint density at radius 1 is 0.862 bits per heavy atom. The van der Waals surface area contributed by atoms with Crippen LogP contribution in [0.1, 0.15) is 0 Å². The van der Waals surface area contributed by atoms with Crippen LogP contribution in [0, 0.1) is 5.82 Å². The number of fused-ring (bicyclic) bond motifs is 3. The Balaban J connectivity index is 2.19. The van der Waals surface area contributed by atoms with Crippen molar-refractivity contribution in [1.82, 2.24) is 0 Å². The Hall–Kier alpha value is -3.74. The SMILES string of the molecule is COc1ccc(OC)c2c1c(OC)cc1c(=O)cc(-c3cc(N)cc(F)c3)oc12. The van der Waals surface area contributed by atoms with Gasteiger partial charge in [0.25, 0.3) is 0 Å². The minimum absolute atomic E-state index is 0.185. The minimum Gasteiger partial charge on any atom is -0.496 e. The molecule has 2 N–H and O–H groups in total. The van der Waals surface area contributed by atoms with E-state index in [2.05, 4.69) is 0 Å². The average molecular weight is 395 g/mol. The third kappa shape index (κ3) is 3.00. The first-order valence-corrected chi connectivity index (χ1v) is 8.72. The number of rotatable bonds is 4. The molecule has 0 atom stereocenters. The molecule has 1 aromatic heterocycles. The number of halogens is 1. The molecule has 6 nitrogen and oxygen atoms in total. The molecule has 0 saturated carbocycles. The molecule has 0 amide bonds. The Bertz CT molecular complexity index is 1290. The first kappa shape index (κ1) is 18.6. The highest BCUT2D eigenvalue weighted by molar-refractivity contribution is 6.13. The lowest BCUT2D eigenvalue weighted by Gasteiger charge is -2.15. The lowest BCUT2D eigenvalue weighted by Crippen LogP contribution is -2.03. The van der Waals surface area contributed by atoms with Crippen LogP contribution in [0.15, 0.2) is 51.7 Å². The molecule has 148 valence electrons. The van der Waals surface area contributed by atoms with Gasteiger partial charge >= 0.3 is 0 Å². The number of anilines is 1. The van der Waals surface area contributed by atoms with Crippen molar-refractivity contribution in [3.63, 3.8) is 0 Å². The quantitative estimate of drug-likeness (QED) is 0.408. The van der Waals surface area contributed by atoms with E-state index in [0.29, 0.717) is 39.0 Å². The number of hydrogen-bond donors (Lipinski definition) is 1. The van der Waals surface area contributed by atoms with Gasteiger partial charge < -0.3 is 24.4 Å². The van der Waals surface area contributed by atoms with Crippen LogP contribution in [0.5, 0.6) is 17.2 Å². The zero-order valence-corrected chi connectivity index (χ0v) is 16.0. The molecule has 4 rings (SSSR count). The summed E-state index contributed by atoms with van der Waals surface area (Å²) in [6.07, 6.45) is 0. The number of nitrogen functional groups attached to an aromatic ring is 1. The molecule has 4 aromatic rings. The Morgan fingerprint density at radius 3 is 2.14 bits per heavy atom. The maximum Gasteiger partial charge on any atom is 0.193 e. The van der Waals surface area contributed by atoms with Gasteiger partial charge in [-0.2, -0.15) is 0 Å². The van der Waals surface area contributed by atoms with Gasteiger partial charge in [-0.05, 0) is 36.4 Å². The predicted molar refractivity (Wildman–Crippen MR) is 109 cm³/mol. The lowest BCUT2D eigenvalue weighted by atomic mass is 10.0. The first-order chi connectivity index (χ1) is 14.0. The normalized spacial score (nSPS) is 11.0. The van der Waals surface area contributed by atoms with E-state index in [1.807, 2.05) is 0 Å². The van der Waals surface area contributed by atoms with Gasteiger partial charge in [-0.15, -0.1) is 0 Å². The first-order valence-electron chi connectivity index (χ1n) is 8.72. The van der Waals surface area contributed by atoms with Crippen molar-refractivity contribution in [2.24, 2.45) is 0 Å². The van der Waals surface area contributed by atoms with E-state index in [9.17, 15) is 9.18 Å². The van der Waals surface area contributed by atoms with Gasteiger partial charge in [0.05, 0.1) is 37.5 Å². The number of methoxy groups -OCH3 is 3. The maximum atomic E-state index is 13.8. The number of nitrogens with two attached hydrogens (primary N) is 1. The molecular formula is C22H18FNO5. The second-order valence-electron chi connectivity index (χ2n) is 6.42. The molecule has 0 bridgehead atoms. The fraction of sp³-hybridized carbons (Fsp3) is 0.136. The third-order valence-electron chi connectivity index (χ3n) is 4.73. The third-order valence-corrected chi connectivity index (χ3v) is 4.73. The molecular weight excluding hydrogens is 377 g/mol. The largest absolute Gasteiger partial charge is 0.496 e. The fourth-order valence-corrected chi connectivity index (χ4v) is 3.46. The molecule has 0 aliphatic heterocycles. The Labute approximate surface area is 165 Å². The van der Waals surface area contributed by atoms with E-state index < -0.39 is 5.82 Å². The molecule has 0 spiro atoms. The van der Waals surface area contributed by atoms with Crippen LogP contribution in [0.25, 0.3) is 33.1 Å². The van der Waals surface area contributed by atoms with Crippen LogP contribution in [-0.4, -0.2) is 21.3 Å². The van der Waals surface area contributed by atoms with Crippen LogP contribution in [-0.2, 0) is 0 Å². The Morgan fingerprint density at radius 2 is 1.52 bits per heavy atom. The molecule has 0 aliphatic rings. The van der Waals surface area contributed by atoms with E-state index >= 15 is 0 Å². The summed E-state index contributed by atoms with van der Waals surface area (Å²) in [6, 6.07) is 10.3. The van der Waals surface area contributed by atoms with Crippen LogP contribution in [0.4, 0.5) is 10.1 Å². The molecule has 0 fully saturated rings. The van der Waals surface area contributed by atoms with Crippen LogP contribution >= 0.6 is 0 Å². The van der Waals surface area contributed by atoms with Gasteiger partial charge in [-0.25, -0.2) is 4.39 Å². The van der Waals surface area contributed by atoms with Crippen LogP contribution in [0.2, 0.25) is 0 Å².